The number of benzene rings is 1. The Morgan fingerprint density at radius 2 is 2.09 bits per heavy atom. The first-order valence-corrected chi connectivity index (χ1v) is 10.4. The SMILES string of the molecule is CCOc1cc(/C=N/NC(=O)c2cc(-c3cccs3)[nH]c(=O)n2)cc([N+](=O)[O-])c1OCC. The van der Waals surface area contributed by atoms with E-state index in [1.807, 2.05) is 11.4 Å². The van der Waals surface area contributed by atoms with E-state index < -0.39 is 16.5 Å². The fourth-order valence-electron chi connectivity index (χ4n) is 2.73. The first-order valence-electron chi connectivity index (χ1n) is 9.49. The number of hydrazone groups is 1. The van der Waals surface area contributed by atoms with Gasteiger partial charge in [0.15, 0.2) is 5.75 Å². The van der Waals surface area contributed by atoms with Crippen molar-refractivity contribution >= 4 is 29.1 Å². The van der Waals surface area contributed by atoms with Gasteiger partial charge in [0.1, 0.15) is 5.69 Å². The number of ether oxygens (including phenoxy) is 2. The number of nitro benzene ring substituents is 1. The second-order valence-corrected chi connectivity index (χ2v) is 7.10. The molecule has 0 aliphatic carbocycles. The quantitative estimate of drug-likeness (QED) is 0.285. The Bertz CT molecular complexity index is 1210. The zero-order valence-corrected chi connectivity index (χ0v) is 18.0. The molecule has 2 N–H and O–H groups in total. The van der Waals surface area contributed by atoms with Crippen molar-refractivity contribution in [3.8, 4) is 22.1 Å². The molecule has 0 atom stereocenters. The molecular formula is C20H19N5O6S. The predicted octanol–water partition coefficient (Wildman–Crippen LogP) is 2.97. The Morgan fingerprint density at radius 1 is 1.31 bits per heavy atom. The highest BCUT2D eigenvalue weighted by Gasteiger charge is 2.22. The van der Waals surface area contributed by atoms with Gasteiger partial charge >= 0.3 is 11.4 Å². The maximum atomic E-state index is 12.4. The van der Waals surface area contributed by atoms with Gasteiger partial charge in [-0.3, -0.25) is 14.9 Å². The fraction of sp³-hybridized carbons (Fsp3) is 0.200. The molecule has 11 nitrogen and oxygen atoms in total. The molecule has 1 aromatic carbocycles. The summed E-state index contributed by atoms with van der Waals surface area (Å²) in [5, 5.41) is 17.1. The maximum Gasteiger partial charge on any atom is 0.346 e. The minimum absolute atomic E-state index is 0.0225. The molecule has 3 aromatic rings. The van der Waals surface area contributed by atoms with Crippen LogP contribution in [-0.4, -0.2) is 40.2 Å². The standard InChI is InChI=1S/C20H19N5O6S/c1-3-30-16-9-12(8-15(25(28)29)18(16)31-4-2)11-21-24-19(26)14-10-13(22-20(27)23-14)17-6-5-7-32-17/h5-11H,3-4H2,1-2H3,(H,24,26)(H,22,23,27)/b21-11+. The number of thiophene rings is 1. The molecule has 3 rings (SSSR count). The molecular weight excluding hydrogens is 438 g/mol. The Kier molecular flexibility index (Phi) is 7.29. The third-order valence-electron chi connectivity index (χ3n) is 3.99. The first kappa shape index (κ1) is 22.6. The van der Waals surface area contributed by atoms with Crippen molar-refractivity contribution < 1.29 is 19.2 Å². The zero-order chi connectivity index (χ0) is 23.1. The van der Waals surface area contributed by atoms with Gasteiger partial charge in [-0.1, -0.05) is 6.07 Å². The summed E-state index contributed by atoms with van der Waals surface area (Å²) in [7, 11) is 0. The van der Waals surface area contributed by atoms with E-state index in [1.54, 1.807) is 19.9 Å². The van der Waals surface area contributed by atoms with Crippen LogP contribution < -0.4 is 20.6 Å². The minimum Gasteiger partial charge on any atom is -0.490 e. The van der Waals surface area contributed by atoms with Crippen molar-refractivity contribution in [1.82, 2.24) is 15.4 Å². The molecule has 32 heavy (non-hydrogen) atoms. The van der Waals surface area contributed by atoms with Crippen LogP contribution in [0.15, 0.2) is 45.6 Å². The molecule has 0 fully saturated rings. The van der Waals surface area contributed by atoms with Crippen LogP contribution in [0.4, 0.5) is 5.69 Å². The second-order valence-electron chi connectivity index (χ2n) is 6.15. The van der Waals surface area contributed by atoms with Crippen LogP contribution in [0.25, 0.3) is 10.6 Å². The van der Waals surface area contributed by atoms with E-state index >= 15 is 0 Å². The molecule has 12 heteroatoms. The molecule has 0 aliphatic rings. The second kappa shape index (κ2) is 10.3. The summed E-state index contributed by atoms with van der Waals surface area (Å²) < 4.78 is 10.8. The van der Waals surface area contributed by atoms with Gasteiger partial charge in [-0.15, -0.1) is 11.3 Å². The number of hydrogen-bond acceptors (Lipinski definition) is 9. The molecule has 0 radical (unpaired) electrons. The Morgan fingerprint density at radius 3 is 2.75 bits per heavy atom. The van der Waals surface area contributed by atoms with Crippen molar-refractivity contribution in [2.24, 2.45) is 5.10 Å². The van der Waals surface area contributed by atoms with Crippen molar-refractivity contribution in [3.63, 3.8) is 0 Å². The molecule has 0 saturated heterocycles. The third-order valence-corrected chi connectivity index (χ3v) is 4.89. The number of nitro groups is 1. The van der Waals surface area contributed by atoms with Gasteiger partial charge in [0.25, 0.3) is 5.91 Å². The molecule has 2 aromatic heterocycles. The van der Waals surface area contributed by atoms with Crippen molar-refractivity contribution in [2.45, 2.75) is 13.8 Å². The average molecular weight is 457 g/mol. The lowest BCUT2D eigenvalue weighted by atomic mass is 10.2. The number of carbonyl (C=O) groups excluding carboxylic acids is 1. The lowest BCUT2D eigenvalue weighted by Gasteiger charge is -2.11. The summed E-state index contributed by atoms with van der Waals surface area (Å²) in [6.07, 6.45) is 1.22. The highest BCUT2D eigenvalue weighted by atomic mass is 32.1. The van der Waals surface area contributed by atoms with Gasteiger partial charge in [-0.25, -0.2) is 10.2 Å². The fourth-order valence-corrected chi connectivity index (χ4v) is 3.43. The maximum absolute atomic E-state index is 12.4. The van der Waals surface area contributed by atoms with Crippen molar-refractivity contribution in [3.05, 3.63) is 67.6 Å². The Hall–Kier alpha value is -4.06. The molecule has 166 valence electrons. The number of nitrogens with one attached hydrogen (secondary N) is 2. The van der Waals surface area contributed by atoms with Gasteiger partial charge in [0, 0.05) is 11.6 Å². The van der Waals surface area contributed by atoms with Crippen LogP contribution in [0, 0.1) is 10.1 Å². The van der Waals surface area contributed by atoms with Crippen LogP contribution in [0.3, 0.4) is 0 Å². The van der Waals surface area contributed by atoms with Crippen LogP contribution in [0.1, 0.15) is 29.9 Å². The van der Waals surface area contributed by atoms with Crippen LogP contribution in [0.5, 0.6) is 11.5 Å². The summed E-state index contributed by atoms with van der Waals surface area (Å²) in [5.41, 5.74) is 1.94. The van der Waals surface area contributed by atoms with E-state index in [9.17, 15) is 19.7 Å². The lowest BCUT2D eigenvalue weighted by Crippen LogP contribution is -2.24. The van der Waals surface area contributed by atoms with E-state index in [2.05, 4.69) is 20.5 Å². The van der Waals surface area contributed by atoms with Crippen LogP contribution in [0.2, 0.25) is 0 Å². The van der Waals surface area contributed by atoms with Crippen molar-refractivity contribution in [1.29, 1.82) is 0 Å². The highest BCUT2D eigenvalue weighted by molar-refractivity contribution is 7.13. The minimum atomic E-state index is -0.712. The van der Waals surface area contributed by atoms with Crippen LogP contribution >= 0.6 is 11.3 Å². The van der Waals surface area contributed by atoms with Gasteiger partial charge in [0.2, 0.25) is 5.75 Å². The summed E-state index contributed by atoms with van der Waals surface area (Å²) in [6, 6.07) is 7.81. The van der Waals surface area contributed by atoms with Crippen molar-refractivity contribution in [2.75, 3.05) is 13.2 Å². The summed E-state index contributed by atoms with van der Waals surface area (Å²) >= 11 is 1.40. The number of nitrogens with zero attached hydrogens (tertiary/aromatic N) is 3. The van der Waals surface area contributed by atoms with Gasteiger partial charge < -0.3 is 14.5 Å². The monoisotopic (exact) mass is 457 g/mol. The summed E-state index contributed by atoms with van der Waals surface area (Å²) in [4.78, 5) is 42.1. The molecule has 0 saturated carbocycles. The van der Waals surface area contributed by atoms with Gasteiger partial charge in [0.05, 0.1) is 34.9 Å². The molecule has 0 spiro atoms. The molecule has 2 heterocycles. The van der Waals surface area contributed by atoms with Gasteiger partial charge in [-0.05, 0) is 37.4 Å². The number of amides is 1. The predicted molar refractivity (Wildman–Crippen MR) is 119 cm³/mol. The summed E-state index contributed by atoms with van der Waals surface area (Å²) in [6.45, 7) is 3.94. The topological polar surface area (TPSA) is 149 Å². The number of aromatic amines is 1. The van der Waals surface area contributed by atoms with E-state index in [-0.39, 0.29) is 36.1 Å². The van der Waals surface area contributed by atoms with Crippen LogP contribution in [-0.2, 0) is 0 Å². The summed E-state index contributed by atoms with van der Waals surface area (Å²) in [5.74, 6) is -0.502. The lowest BCUT2D eigenvalue weighted by molar-refractivity contribution is -0.385. The number of rotatable bonds is 9. The molecule has 0 bridgehead atoms. The Labute approximate surface area is 185 Å². The van der Waals surface area contributed by atoms with E-state index in [4.69, 9.17) is 9.47 Å². The average Bonchev–Trinajstić information content (AvgIpc) is 3.30. The molecule has 0 aliphatic heterocycles. The normalized spacial score (nSPS) is 10.8. The smallest absolute Gasteiger partial charge is 0.346 e. The van der Waals surface area contributed by atoms with E-state index in [1.165, 1.54) is 35.8 Å². The first-order chi connectivity index (χ1) is 15.4. The number of aromatic nitrogens is 2. The molecule has 1 amide bonds. The third kappa shape index (κ3) is 5.35. The number of H-pyrrole nitrogens is 1. The number of carbonyl (C=O) groups is 1. The molecule has 0 unspecified atom stereocenters. The highest BCUT2D eigenvalue weighted by Crippen LogP contribution is 2.38. The Balaban J connectivity index is 1.83. The van der Waals surface area contributed by atoms with Gasteiger partial charge in [-0.2, -0.15) is 10.1 Å². The number of hydrogen-bond donors (Lipinski definition) is 2. The van der Waals surface area contributed by atoms with E-state index in [0.717, 1.165) is 4.88 Å². The zero-order valence-electron chi connectivity index (χ0n) is 17.2. The largest absolute Gasteiger partial charge is 0.490 e. The van der Waals surface area contributed by atoms with E-state index in [0.29, 0.717) is 11.3 Å².